The molecule has 0 saturated carbocycles. The van der Waals surface area contributed by atoms with E-state index in [1.165, 1.54) is 24.0 Å². The summed E-state index contributed by atoms with van der Waals surface area (Å²) in [5.41, 5.74) is 4.56. The minimum absolute atomic E-state index is 0.883. The smallest absolute Gasteiger partial charge is 0.140 e. The highest BCUT2D eigenvalue weighted by Gasteiger charge is 2.21. The van der Waals surface area contributed by atoms with Crippen LogP contribution in [0, 0.1) is 13.8 Å². The van der Waals surface area contributed by atoms with Gasteiger partial charge in [0.2, 0.25) is 0 Å². The number of rotatable bonds is 3. The number of nitrogens with zero attached hydrogens (tertiary/aromatic N) is 3. The van der Waals surface area contributed by atoms with Crippen molar-refractivity contribution in [3.8, 4) is 16.9 Å². The van der Waals surface area contributed by atoms with Crippen LogP contribution < -0.4 is 9.64 Å². The van der Waals surface area contributed by atoms with Crippen LogP contribution >= 0.6 is 0 Å². The highest BCUT2D eigenvalue weighted by atomic mass is 16.5. The molecule has 2 heterocycles. The molecule has 0 radical (unpaired) electrons. The van der Waals surface area contributed by atoms with Crippen molar-refractivity contribution in [2.24, 2.45) is 0 Å². The van der Waals surface area contributed by atoms with E-state index in [0.29, 0.717) is 0 Å². The number of anilines is 1. The molecule has 0 atom stereocenters. The number of aryl methyl sites for hydroxylation is 2. The van der Waals surface area contributed by atoms with Gasteiger partial charge in [0.25, 0.3) is 0 Å². The molecule has 0 aliphatic carbocycles. The molecule has 110 valence electrons. The van der Waals surface area contributed by atoms with Gasteiger partial charge in [0.05, 0.1) is 12.8 Å². The largest absolute Gasteiger partial charge is 0.497 e. The fraction of sp³-hybridized carbons (Fsp3) is 0.412. The molecule has 0 N–H and O–H groups in total. The zero-order valence-corrected chi connectivity index (χ0v) is 12.9. The topological polar surface area (TPSA) is 38.3 Å². The molecule has 1 aliphatic rings. The van der Waals surface area contributed by atoms with Gasteiger partial charge in [-0.05, 0) is 49.9 Å². The second kappa shape index (κ2) is 5.72. The van der Waals surface area contributed by atoms with Gasteiger partial charge in [-0.2, -0.15) is 0 Å². The highest BCUT2D eigenvalue weighted by molar-refractivity contribution is 5.80. The Kier molecular flexibility index (Phi) is 3.78. The molecule has 3 rings (SSSR count). The number of ether oxygens (including phenoxy) is 1. The molecule has 0 amide bonds. The third-order valence-corrected chi connectivity index (χ3v) is 4.13. The summed E-state index contributed by atoms with van der Waals surface area (Å²) < 4.78 is 5.30. The molecule has 2 aromatic rings. The molecule has 0 spiro atoms. The average molecular weight is 283 g/mol. The van der Waals surface area contributed by atoms with Crippen molar-refractivity contribution in [3.05, 3.63) is 35.8 Å². The van der Waals surface area contributed by atoms with Crippen LogP contribution in [0.2, 0.25) is 0 Å². The summed E-state index contributed by atoms with van der Waals surface area (Å²) in [6, 6.07) is 6.18. The lowest BCUT2D eigenvalue weighted by Crippen LogP contribution is -2.20. The molecule has 21 heavy (non-hydrogen) atoms. The van der Waals surface area contributed by atoms with Crippen LogP contribution in [-0.4, -0.2) is 30.2 Å². The van der Waals surface area contributed by atoms with Crippen LogP contribution in [0.5, 0.6) is 5.75 Å². The van der Waals surface area contributed by atoms with Crippen LogP contribution in [-0.2, 0) is 0 Å². The Morgan fingerprint density at radius 2 is 1.86 bits per heavy atom. The average Bonchev–Trinajstić information content (AvgIpc) is 3.01. The maximum atomic E-state index is 5.30. The van der Waals surface area contributed by atoms with Crippen molar-refractivity contribution in [3.63, 3.8) is 0 Å². The molecule has 4 nitrogen and oxygen atoms in total. The van der Waals surface area contributed by atoms with E-state index in [4.69, 9.17) is 4.74 Å². The standard InChI is InChI=1S/C17H21N3O/c1-12-10-14(21-3)6-7-15(12)16-13(2)18-11-19-17(16)20-8-4-5-9-20/h6-7,10-11H,4-5,8-9H2,1-3H3. The Bertz CT molecular complexity index is 648. The van der Waals surface area contributed by atoms with Crippen LogP contribution in [0.4, 0.5) is 5.82 Å². The van der Waals surface area contributed by atoms with E-state index in [2.05, 4.69) is 40.8 Å². The van der Waals surface area contributed by atoms with E-state index in [1.807, 2.05) is 6.07 Å². The Morgan fingerprint density at radius 1 is 1.10 bits per heavy atom. The van der Waals surface area contributed by atoms with Crippen molar-refractivity contribution in [1.82, 2.24) is 9.97 Å². The van der Waals surface area contributed by atoms with E-state index in [9.17, 15) is 0 Å². The molecule has 1 aromatic heterocycles. The molecular weight excluding hydrogens is 262 g/mol. The van der Waals surface area contributed by atoms with Gasteiger partial charge in [-0.15, -0.1) is 0 Å². The number of aromatic nitrogens is 2. The second-order valence-electron chi connectivity index (χ2n) is 5.53. The van der Waals surface area contributed by atoms with Gasteiger partial charge >= 0.3 is 0 Å². The van der Waals surface area contributed by atoms with Gasteiger partial charge in [0, 0.05) is 18.7 Å². The number of methoxy groups -OCH3 is 1. The van der Waals surface area contributed by atoms with Crippen LogP contribution in [0.15, 0.2) is 24.5 Å². The van der Waals surface area contributed by atoms with E-state index in [1.54, 1.807) is 13.4 Å². The van der Waals surface area contributed by atoms with E-state index in [0.717, 1.165) is 35.9 Å². The molecule has 1 saturated heterocycles. The SMILES string of the molecule is COc1ccc(-c2c(C)ncnc2N2CCCC2)c(C)c1. The lowest BCUT2D eigenvalue weighted by molar-refractivity contribution is 0.414. The van der Waals surface area contributed by atoms with Gasteiger partial charge in [-0.1, -0.05) is 6.07 Å². The third kappa shape index (κ3) is 2.58. The summed E-state index contributed by atoms with van der Waals surface area (Å²) in [4.78, 5) is 11.3. The summed E-state index contributed by atoms with van der Waals surface area (Å²) in [7, 11) is 1.70. The lowest BCUT2D eigenvalue weighted by Gasteiger charge is -2.22. The Labute approximate surface area is 125 Å². The van der Waals surface area contributed by atoms with Crippen LogP contribution in [0.25, 0.3) is 11.1 Å². The second-order valence-corrected chi connectivity index (χ2v) is 5.53. The minimum atomic E-state index is 0.883. The first kappa shape index (κ1) is 13.9. The van der Waals surface area contributed by atoms with Crippen molar-refractivity contribution >= 4 is 5.82 Å². The van der Waals surface area contributed by atoms with Gasteiger partial charge in [0.1, 0.15) is 17.9 Å². The van der Waals surface area contributed by atoms with Crippen molar-refractivity contribution in [2.75, 3.05) is 25.1 Å². The third-order valence-electron chi connectivity index (χ3n) is 4.13. The summed E-state index contributed by atoms with van der Waals surface area (Å²) in [5.74, 6) is 1.95. The normalized spacial score (nSPS) is 14.5. The van der Waals surface area contributed by atoms with Gasteiger partial charge in [0.15, 0.2) is 0 Å². The fourth-order valence-corrected chi connectivity index (χ4v) is 2.99. The van der Waals surface area contributed by atoms with Gasteiger partial charge in [-0.3, -0.25) is 0 Å². The Morgan fingerprint density at radius 3 is 2.52 bits per heavy atom. The van der Waals surface area contributed by atoms with Gasteiger partial charge in [-0.25, -0.2) is 9.97 Å². The van der Waals surface area contributed by atoms with E-state index in [-0.39, 0.29) is 0 Å². The maximum absolute atomic E-state index is 5.30. The molecule has 1 aromatic carbocycles. The zero-order valence-electron chi connectivity index (χ0n) is 12.9. The van der Waals surface area contributed by atoms with Crippen LogP contribution in [0.3, 0.4) is 0 Å². The Hall–Kier alpha value is -2.10. The van der Waals surface area contributed by atoms with E-state index < -0.39 is 0 Å². The lowest BCUT2D eigenvalue weighted by atomic mass is 9.99. The van der Waals surface area contributed by atoms with E-state index >= 15 is 0 Å². The molecule has 0 unspecified atom stereocenters. The molecular formula is C17H21N3O. The number of benzene rings is 1. The summed E-state index contributed by atoms with van der Waals surface area (Å²) in [6.07, 6.45) is 4.15. The summed E-state index contributed by atoms with van der Waals surface area (Å²) >= 11 is 0. The minimum Gasteiger partial charge on any atom is -0.497 e. The monoisotopic (exact) mass is 283 g/mol. The number of hydrogen-bond acceptors (Lipinski definition) is 4. The first-order valence-corrected chi connectivity index (χ1v) is 7.42. The zero-order chi connectivity index (χ0) is 14.8. The predicted molar refractivity (Wildman–Crippen MR) is 84.9 cm³/mol. The van der Waals surface area contributed by atoms with Crippen molar-refractivity contribution in [2.45, 2.75) is 26.7 Å². The highest BCUT2D eigenvalue weighted by Crippen LogP contribution is 2.35. The quantitative estimate of drug-likeness (QED) is 0.865. The first-order valence-electron chi connectivity index (χ1n) is 7.42. The maximum Gasteiger partial charge on any atom is 0.140 e. The summed E-state index contributed by atoms with van der Waals surface area (Å²) in [6.45, 7) is 6.33. The molecule has 4 heteroatoms. The summed E-state index contributed by atoms with van der Waals surface area (Å²) in [5, 5.41) is 0. The molecule has 0 bridgehead atoms. The molecule has 1 aliphatic heterocycles. The van der Waals surface area contributed by atoms with Crippen molar-refractivity contribution in [1.29, 1.82) is 0 Å². The van der Waals surface area contributed by atoms with Crippen molar-refractivity contribution < 1.29 is 4.74 Å². The number of hydrogen-bond donors (Lipinski definition) is 0. The Balaban J connectivity index is 2.13. The first-order chi connectivity index (χ1) is 10.2. The fourth-order valence-electron chi connectivity index (χ4n) is 2.99. The van der Waals surface area contributed by atoms with Crippen LogP contribution in [0.1, 0.15) is 24.1 Å². The van der Waals surface area contributed by atoms with Gasteiger partial charge < -0.3 is 9.64 Å². The predicted octanol–water partition coefficient (Wildman–Crippen LogP) is 3.37. The molecule has 1 fully saturated rings.